The van der Waals surface area contributed by atoms with Crippen LogP contribution in [0.25, 0.3) is 22.5 Å². The number of esters is 1. The van der Waals surface area contributed by atoms with Crippen LogP contribution in [0.15, 0.2) is 71.3 Å². The molecule has 2 aromatic carbocycles. The van der Waals surface area contributed by atoms with E-state index < -0.39 is 11.5 Å². The fourth-order valence-corrected chi connectivity index (χ4v) is 4.89. The Morgan fingerprint density at radius 1 is 1.03 bits per heavy atom. The van der Waals surface area contributed by atoms with E-state index in [2.05, 4.69) is 15.5 Å². The van der Waals surface area contributed by atoms with E-state index in [1.807, 2.05) is 74.5 Å². The van der Waals surface area contributed by atoms with Crippen LogP contribution in [0.4, 0.5) is 22.1 Å². The topological polar surface area (TPSA) is 107 Å². The van der Waals surface area contributed by atoms with Gasteiger partial charge in [-0.1, -0.05) is 59.8 Å². The lowest BCUT2D eigenvalue weighted by molar-refractivity contribution is -0.146. The highest BCUT2D eigenvalue weighted by Gasteiger charge is 2.52. The van der Waals surface area contributed by atoms with Crippen molar-refractivity contribution in [2.75, 3.05) is 30.0 Å². The number of rotatable bonds is 8. The van der Waals surface area contributed by atoms with Gasteiger partial charge in [-0.25, -0.2) is 9.78 Å². The first-order valence-electron chi connectivity index (χ1n) is 13.0. The molecule has 2 fully saturated rings. The minimum absolute atomic E-state index is 0.130. The summed E-state index contributed by atoms with van der Waals surface area (Å²) < 4.78 is 16.0. The number of benzene rings is 2. The molecule has 3 heterocycles. The molecule has 0 atom stereocenters. The Kier molecular flexibility index (Phi) is 6.26. The second-order valence-corrected chi connectivity index (χ2v) is 9.70. The lowest BCUT2D eigenvalue weighted by atomic mass is 9.93. The van der Waals surface area contributed by atoms with Crippen molar-refractivity contribution in [3.05, 3.63) is 78.0 Å². The van der Waals surface area contributed by atoms with Gasteiger partial charge in [-0.2, -0.15) is 0 Å². The molecule has 0 bridgehead atoms. The number of aryl methyl sites for hydroxylation is 1. The predicted octanol–water partition coefficient (Wildman–Crippen LogP) is 6.01. The largest absolute Gasteiger partial charge is 0.465 e. The first-order chi connectivity index (χ1) is 19.0. The van der Waals surface area contributed by atoms with Crippen LogP contribution < -0.4 is 10.2 Å². The molecule has 6 rings (SSSR count). The summed E-state index contributed by atoms with van der Waals surface area (Å²) >= 11 is 0. The molecule has 2 aromatic heterocycles. The molecule has 1 aliphatic heterocycles. The van der Waals surface area contributed by atoms with Gasteiger partial charge in [0, 0.05) is 5.56 Å². The molecule has 2 aliphatic rings. The summed E-state index contributed by atoms with van der Waals surface area (Å²) in [5, 5.41) is 7.46. The van der Waals surface area contributed by atoms with Gasteiger partial charge in [0.1, 0.15) is 29.6 Å². The summed E-state index contributed by atoms with van der Waals surface area (Å²) in [5.74, 6) is 1.54. The molecule has 0 radical (unpaired) electrons. The summed E-state index contributed by atoms with van der Waals surface area (Å²) in [4.78, 5) is 30.4. The van der Waals surface area contributed by atoms with Crippen molar-refractivity contribution in [1.82, 2.24) is 10.1 Å². The maximum absolute atomic E-state index is 12.4. The second kappa shape index (κ2) is 9.90. The number of carbonyl (C=O) groups excluding carboxylic acids is 2. The van der Waals surface area contributed by atoms with Crippen LogP contribution in [0.1, 0.15) is 31.0 Å². The Bertz CT molecular complexity index is 1520. The predicted molar refractivity (Wildman–Crippen MR) is 146 cm³/mol. The van der Waals surface area contributed by atoms with Gasteiger partial charge < -0.3 is 19.3 Å². The summed E-state index contributed by atoms with van der Waals surface area (Å²) in [5.41, 5.74) is 4.88. The van der Waals surface area contributed by atoms with Crippen LogP contribution in [0.5, 0.6) is 0 Å². The molecule has 9 heteroatoms. The van der Waals surface area contributed by atoms with Gasteiger partial charge in [-0.15, -0.1) is 0 Å². The second-order valence-electron chi connectivity index (χ2n) is 9.70. The van der Waals surface area contributed by atoms with Crippen molar-refractivity contribution in [3.63, 3.8) is 0 Å². The smallest absolute Gasteiger partial charge is 0.415 e. The fourth-order valence-electron chi connectivity index (χ4n) is 4.89. The maximum Gasteiger partial charge on any atom is 0.415 e. The van der Waals surface area contributed by atoms with E-state index in [1.54, 1.807) is 6.07 Å². The van der Waals surface area contributed by atoms with Gasteiger partial charge in [0.25, 0.3) is 0 Å². The average molecular weight is 525 g/mol. The van der Waals surface area contributed by atoms with Crippen molar-refractivity contribution in [3.8, 4) is 22.5 Å². The molecular weight excluding hydrogens is 496 g/mol. The lowest BCUT2D eigenvalue weighted by Gasteiger charge is -2.15. The third-order valence-corrected chi connectivity index (χ3v) is 7.22. The molecule has 1 aliphatic carbocycles. The number of cyclic esters (lactones) is 1. The number of pyridine rings is 1. The summed E-state index contributed by atoms with van der Waals surface area (Å²) in [7, 11) is 0. The highest BCUT2D eigenvalue weighted by molar-refractivity contribution is 5.89. The number of nitrogens with zero attached hydrogens (tertiary/aromatic N) is 3. The summed E-state index contributed by atoms with van der Waals surface area (Å²) in [6.07, 6.45) is 1.26. The first-order valence-corrected chi connectivity index (χ1v) is 13.0. The Morgan fingerprint density at radius 2 is 1.72 bits per heavy atom. The zero-order valence-electron chi connectivity index (χ0n) is 21.8. The van der Waals surface area contributed by atoms with E-state index in [-0.39, 0.29) is 5.97 Å². The number of anilines is 3. The van der Waals surface area contributed by atoms with Crippen molar-refractivity contribution in [2.24, 2.45) is 0 Å². The number of hydrogen-bond acceptors (Lipinski definition) is 8. The SMILES string of the molecule is CCOC(=O)C1(c2ccc(-c3ccc(-c4onc(C)c4Nc4cccc(N5CCOC5=O)n4)cc3)cc2)CC1. The summed E-state index contributed by atoms with van der Waals surface area (Å²) in [6.45, 7) is 4.90. The molecule has 198 valence electrons. The Labute approximate surface area is 225 Å². The standard InChI is InChI=1S/C30H28N4O5/c1-3-37-28(35)30(15-16-30)23-13-11-21(12-14-23)20-7-9-22(10-8-20)27-26(19(2)33-39-27)32-24-5-4-6-25(31-24)34-17-18-38-29(34)36/h4-14H,3,15-18H2,1-2H3,(H,31,32). The van der Waals surface area contributed by atoms with Gasteiger partial charge in [0.2, 0.25) is 0 Å². The third-order valence-electron chi connectivity index (χ3n) is 7.22. The van der Waals surface area contributed by atoms with E-state index in [9.17, 15) is 9.59 Å². The zero-order valence-corrected chi connectivity index (χ0v) is 21.8. The minimum Gasteiger partial charge on any atom is -0.465 e. The van der Waals surface area contributed by atoms with E-state index in [0.717, 1.165) is 35.1 Å². The number of nitrogens with one attached hydrogen (secondary N) is 1. The number of ether oxygens (including phenoxy) is 2. The molecule has 39 heavy (non-hydrogen) atoms. The van der Waals surface area contributed by atoms with Gasteiger partial charge in [-0.05, 0) is 55.5 Å². The fraction of sp³-hybridized carbons (Fsp3) is 0.267. The summed E-state index contributed by atoms with van der Waals surface area (Å²) in [6, 6.07) is 21.6. The molecule has 1 amide bonds. The highest BCUT2D eigenvalue weighted by atomic mass is 16.6. The van der Waals surface area contributed by atoms with Crippen molar-refractivity contribution in [1.29, 1.82) is 0 Å². The number of carbonyl (C=O) groups is 2. The zero-order chi connectivity index (χ0) is 27.0. The number of amides is 1. The molecule has 0 spiro atoms. The van der Waals surface area contributed by atoms with Gasteiger partial charge in [0.05, 0.1) is 18.6 Å². The van der Waals surface area contributed by atoms with Crippen LogP contribution in [-0.4, -0.2) is 42.0 Å². The molecule has 9 nitrogen and oxygen atoms in total. The normalized spacial score (nSPS) is 15.6. The molecule has 1 N–H and O–H groups in total. The molecule has 1 saturated carbocycles. The average Bonchev–Trinajstić information content (AvgIpc) is 3.55. The van der Waals surface area contributed by atoms with Crippen LogP contribution in [-0.2, 0) is 19.7 Å². The van der Waals surface area contributed by atoms with E-state index in [4.69, 9.17) is 14.0 Å². The van der Waals surface area contributed by atoms with E-state index in [1.165, 1.54) is 4.90 Å². The van der Waals surface area contributed by atoms with Gasteiger partial charge in [-0.3, -0.25) is 9.69 Å². The van der Waals surface area contributed by atoms with Crippen LogP contribution >= 0.6 is 0 Å². The molecule has 4 aromatic rings. The van der Waals surface area contributed by atoms with Gasteiger partial charge >= 0.3 is 12.1 Å². The lowest BCUT2D eigenvalue weighted by Crippen LogP contribution is -2.24. The Hall–Kier alpha value is -4.66. The monoisotopic (exact) mass is 524 g/mol. The van der Waals surface area contributed by atoms with Crippen molar-refractivity contribution >= 4 is 29.4 Å². The number of hydrogen-bond donors (Lipinski definition) is 1. The quantitative estimate of drug-likeness (QED) is 0.280. The van der Waals surface area contributed by atoms with Crippen LogP contribution in [0.2, 0.25) is 0 Å². The molecule has 0 unspecified atom stereocenters. The number of aromatic nitrogens is 2. The minimum atomic E-state index is -0.474. The van der Waals surface area contributed by atoms with E-state index >= 15 is 0 Å². The van der Waals surface area contributed by atoms with Crippen molar-refractivity contribution < 1.29 is 23.6 Å². The highest BCUT2D eigenvalue weighted by Crippen LogP contribution is 2.49. The molecular formula is C30H28N4O5. The first kappa shape index (κ1) is 24.7. The van der Waals surface area contributed by atoms with Crippen molar-refractivity contribution in [2.45, 2.75) is 32.1 Å². The van der Waals surface area contributed by atoms with Crippen LogP contribution in [0.3, 0.4) is 0 Å². The Balaban J connectivity index is 1.21. The van der Waals surface area contributed by atoms with Gasteiger partial charge in [0.15, 0.2) is 5.76 Å². The van der Waals surface area contributed by atoms with Crippen LogP contribution in [0, 0.1) is 6.92 Å². The van der Waals surface area contributed by atoms with E-state index in [0.29, 0.717) is 48.5 Å². The Morgan fingerprint density at radius 3 is 2.36 bits per heavy atom. The maximum atomic E-state index is 12.4. The third kappa shape index (κ3) is 4.60. The molecule has 1 saturated heterocycles.